The Balaban J connectivity index is 2.15. The van der Waals surface area contributed by atoms with E-state index in [9.17, 15) is 4.79 Å². The molecule has 4 nitrogen and oxygen atoms in total. The van der Waals surface area contributed by atoms with Crippen LogP contribution in [0.5, 0.6) is 0 Å². The molecule has 1 N–H and O–H groups in total. The first-order chi connectivity index (χ1) is 8.18. The third-order valence-corrected chi connectivity index (χ3v) is 3.23. The number of nitrogens with one attached hydrogen (secondary N) is 1. The molecular formula is C13H19N3O. The maximum Gasteiger partial charge on any atom is 0.182 e. The molecule has 1 aromatic rings. The summed E-state index contributed by atoms with van der Waals surface area (Å²) in [4.78, 5) is 18.7. The van der Waals surface area contributed by atoms with Gasteiger partial charge in [-0.25, -0.2) is 0 Å². The van der Waals surface area contributed by atoms with Gasteiger partial charge in [-0.3, -0.25) is 14.7 Å². The van der Waals surface area contributed by atoms with Gasteiger partial charge < -0.3 is 5.32 Å². The highest BCUT2D eigenvalue weighted by Gasteiger charge is 2.25. The van der Waals surface area contributed by atoms with E-state index in [1.54, 1.807) is 6.20 Å². The van der Waals surface area contributed by atoms with Crippen LogP contribution in [-0.2, 0) is 0 Å². The van der Waals surface area contributed by atoms with E-state index in [1.807, 2.05) is 26.1 Å². The molecular weight excluding hydrogens is 214 g/mol. The minimum atomic E-state index is -0.0676. The molecule has 1 aliphatic heterocycles. The highest BCUT2D eigenvalue weighted by Crippen LogP contribution is 2.09. The van der Waals surface area contributed by atoms with Crippen LogP contribution >= 0.6 is 0 Å². The second kappa shape index (κ2) is 5.38. The molecule has 1 saturated heterocycles. The van der Waals surface area contributed by atoms with Crippen LogP contribution in [0.2, 0.25) is 0 Å². The molecule has 92 valence electrons. The van der Waals surface area contributed by atoms with Crippen LogP contribution in [0.3, 0.4) is 0 Å². The quantitative estimate of drug-likeness (QED) is 0.770. The molecule has 0 amide bonds. The summed E-state index contributed by atoms with van der Waals surface area (Å²) in [5, 5.41) is 3.31. The summed E-state index contributed by atoms with van der Waals surface area (Å²) in [5.74, 6) is 0.161. The van der Waals surface area contributed by atoms with Gasteiger partial charge in [-0.2, -0.15) is 0 Å². The van der Waals surface area contributed by atoms with Crippen molar-refractivity contribution in [3.63, 3.8) is 0 Å². The van der Waals surface area contributed by atoms with Crippen molar-refractivity contribution >= 4 is 5.78 Å². The van der Waals surface area contributed by atoms with E-state index in [2.05, 4.69) is 15.2 Å². The second-order valence-corrected chi connectivity index (χ2v) is 4.61. The molecule has 2 rings (SSSR count). The Morgan fingerprint density at radius 3 is 3.06 bits per heavy atom. The van der Waals surface area contributed by atoms with Gasteiger partial charge >= 0.3 is 0 Å². The smallest absolute Gasteiger partial charge is 0.182 e. The monoisotopic (exact) mass is 233 g/mol. The van der Waals surface area contributed by atoms with Crippen LogP contribution in [0.15, 0.2) is 18.3 Å². The normalized spacial score (nSPS) is 22.1. The molecule has 1 aromatic heterocycles. The molecule has 1 fully saturated rings. The Morgan fingerprint density at radius 2 is 2.35 bits per heavy atom. The van der Waals surface area contributed by atoms with Gasteiger partial charge in [0.1, 0.15) is 0 Å². The van der Waals surface area contributed by atoms with Gasteiger partial charge in [0.2, 0.25) is 0 Å². The zero-order valence-electron chi connectivity index (χ0n) is 10.4. The molecule has 1 atom stereocenters. The van der Waals surface area contributed by atoms with Gasteiger partial charge in [0.25, 0.3) is 0 Å². The van der Waals surface area contributed by atoms with E-state index in [0.717, 1.165) is 31.7 Å². The minimum absolute atomic E-state index is 0.0676. The maximum absolute atomic E-state index is 12.4. The first-order valence-corrected chi connectivity index (χ1v) is 6.06. The van der Waals surface area contributed by atoms with Gasteiger partial charge in [0.05, 0.1) is 6.04 Å². The van der Waals surface area contributed by atoms with E-state index >= 15 is 0 Å². The lowest BCUT2D eigenvalue weighted by atomic mass is 10.0. The lowest BCUT2D eigenvalue weighted by Crippen LogP contribution is -2.43. The van der Waals surface area contributed by atoms with Crippen LogP contribution in [0, 0.1) is 6.92 Å². The van der Waals surface area contributed by atoms with Gasteiger partial charge in [0, 0.05) is 24.0 Å². The predicted octanol–water partition coefficient (Wildman–Crippen LogP) is 0.866. The van der Waals surface area contributed by atoms with Crippen molar-refractivity contribution in [1.82, 2.24) is 15.2 Å². The number of Topliss-reactive ketones (excluding diaryl/α,β-unsaturated/α-hetero) is 1. The van der Waals surface area contributed by atoms with Crippen molar-refractivity contribution in [3.05, 3.63) is 29.6 Å². The van der Waals surface area contributed by atoms with E-state index in [-0.39, 0.29) is 11.8 Å². The summed E-state index contributed by atoms with van der Waals surface area (Å²) in [7, 11) is 2.01. The van der Waals surface area contributed by atoms with Crippen molar-refractivity contribution in [2.24, 2.45) is 0 Å². The summed E-state index contributed by atoms with van der Waals surface area (Å²) in [6.07, 6.45) is 2.77. The van der Waals surface area contributed by atoms with Gasteiger partial charge in [0.15, 0.2) is 5.78 Å². The molecule has 2 heterocycles. The number of hydrogen-bond donors (Lipinski definition) is 1. The number of likely N-dealkylation sites (N-methyl/N-ethyl adjacent to an activating group) is 1. The second-order valence-electron chi connectivity index (χ2n) is 4.61. The summed E-state index contributed by atoms with van der Waals surface area (Å²) in [6, 6.07) is 3.68. The fraction of sp³-hybridized carbons (Fsp3) is 0.538. The number of ketones is 1. The Hall–Kier alpha value is -1.26. The molecule has 17 heavy (non-hydrogen) atoms. The number of aryl methyl sites for hydroxylation is 1. The topological polar surface area (TPSA) is 45.2 Å². The van der Waals surface area contributed by atoms with E-state index in [0.29, 0.717) is 5.56 Å². The molecule has 1 unspecified atom stereocenters. The van der Waals surface area contributed by atoms with Crippen molar-refractivity contribution in [3.8, 4) is 0 Å². The Labute approximate surface area is 102 Å². The van der Waals surface area contributed by atoms with Crippen molar-refractivity contribution in [1.29, 1.82) is 0 Å². The predicted molar refractivity (Wildman–Crippen MR) is 67.2 cm³/mol. The third-order valence-electron chi connectivity index (χ3n) is 3.23. The number of carbonyl (C=O) groups is 1. The number of pyridine rings is 1. The molecule has 0 bridgehead atoms. The maximum atomic E-state index is 12.4. The third kappa shape index (κ3) is 2.90. The molecule has 4 heteroatoms. The van der Waals surface area contributed by atoms with Crippen LogP contribution < -0.4 is 5.32 Å². The lowest BCUT2D eigenvalue weighted by molar-refractivity contribution is 0.0863. The number of hydrogen-bond acceptors (Lipinski definition) is 4. The van der Waals surface area contributed by atoms with Crippen LogP contribution in [0.4, 0.5) is 0 Å². The zero-order valence-corrected chi connectivity index (χ0v) is 10.4. The molecule has 0 radical (unpaired) electrons. The highest BCUT2D eigenvalue weighted by atomic mass is 16.1. The van der Waals surface area contributed by atoms with Gasteiger partial charge in [-0.1, -0.05) is 0 Å². The first kappa shape index (κ1) is 12.2. The molecule has 0 aliphatic carbocycles. The standard InChI is InChI=1S/C13H19N3O/c1-10-4-5-11(8-15-10)13(17)12-9-14-6-3-7-16(12)2/h4-5,8,12,14H,3,6-7,9H2,1-2H3. The summed E-state index contributed by atoms with van der Waals surface area (Å²) in [5.41, 5.74) is 1.64. The van der Waals surface area contributed by atoms with Gasteiger partial charge in [-0.15, -0.1) is 0 Å². The van der Waals surface area contributed by atoms with E-state index in [1.165, 1.54) is 0 Å². The molecule has 0 saturated carbocycles. The highest BCUT2D eigenvalue weighted by molar-refractivity contribution is 6.00. The van der Waals surface area contributed by atoms with Crippen LogP contribution in [-0.4, -0.2) is 48.4 Å². The average Bonchev–Trinajstić information content (AvgIpc) is 2.54. The molecule has 0 aromatic carbocycles. The zero-order chi connectivity index (χ0) is 12.3. The fourth-order valence-corrected chi connectivity index (χ4v) is 2.10. The van der Waals surface area contributed by atoms with Crippen molar-refractivity contribution in [2.45, 2.75) is 19.4 Å². The van der Waals surface area contributed by atoms with Gasteiger partial charge in [-0.05, 0) is 45.6 Å². The van der Waals surface area contributed by atoms with Crippen molar-refractivity contribution < 1.29 is 4.79 Å². The number of carbonyl (C=O) groups excluding carboxylic acids is 1. The van der Waals surface area contributed by atoms with Crippen LogP contribution in [0.25, 0.3) is 0 Å². The first-order valence-electron chi connectivity index (χ1n) is 6.06. The summed E-state index contributed by atoms with van der Waals surface area (Å²) < 4.78 is 0. The summed E-state index contributed by atoms with van der Waals surface area (Å²) in [6.45, 7) is 4.60. The van der Waals surface area contributed by atoms with E-state index in [4.69, 9.17) is 0 Å². The molecule has 1 aliphatic rings. The Morgan fingerprint density at radius 1 is 1.53 bits per heavy atom. The largest absolute Gasteiger partial charge is 0.315 e. The molecule has 0 spiro atoms. The SMILES string of the molecule is Cc1ccc(C(=O)C2CNCCCN2C)cn1. The summed E-state index contributed by atoms with van der Waals surface area (Å²) >= 11 is 0. The van der Waals surface area contributed by atoms with Crippen LogP contribution in [0.1, 0.15) is 22.5 Å². The Bertz CT molecular complexity index is 388. The number of rotatable bonds is 2. The minimum Gasteiger partial charge on any atom is -0.315 e. The Kier molecular flexibility index (Phi) is 3.86. The number of nitrogens with zero attached hydrogens (tertiary/aromatic N) is 2. The van der Waals surface area contributed by atoms with E-state index < -0.39 is 0 Å². The average molecular weight is 233 g/mol. The van der Waals surface area contributed by atoms with Crippen molar-refractivity contribution in [2.75, 3.05) is 26.7 Å². The fourth-order valence-electron chi connectivity index (χ4n) is 2.10. The number of aromatic nitrogens is 1. The lowest BCUT2D eigenvalue weighted by Gasteiger charge is -2.23.